The highest BCUT2D eigenvalue weighted by atomic mass is 19.4. The minimum Gasteiger partial charge on any atom is -0.318 e. The van der Waals surface area contributed by atoms with Crippen molar-refractivity contribution in [2.24, 2.45) is 0 Å². The highest BCUT2D eigenvalue weighted by Crippen LogP contribution is 2.29. The maximum absolute atomic E-state index is 12.7. The number of nitrogens with zero attached hydrogens (tertiary/aromatic N) is 5. The number of nitrogens with one attached hydrogen (secondary N) is 1. The van der Waals surface area contributed by atoms with Crippen LogP contribution in [0.2, 0.25) is 0 Å². The first-order valence-corrected chi connectivity index (χ1v) is 10.6. The van der Waals surface area contributed by atoms with Crippen molar-refractivity contribution in [3.05, 3.63) is 68.6 Å². The van der Waals surface area contributed by atoms with Gasteiger partial charge >= 0.3 is 11.9 Å². The second-order valence-corrected chi connectivity index (χ2v) is 7.57. The van der Waals surface area contributed by atoms with Gasteiger partial charge in [-0.05, 0) is 37.6 Å². The summed E-state index contributed by atoms with van der Waals surface area (Å²) < 4.78 is 42.8. The van der Waals surface area contributed by atoms with E-state index in [-0.39, 0.29) is 6.54 Å². The van der Waals surface area contributed by atoms with Crippen molar-refractivity contribution >= 4 is 11.2 Å². The Kier molecular flexibility index (Phi) is 6.15. The molecule has 0 atom stereocenters. The third-order valence-electron chi connectivity index (χ3n) is 5.23. The number of halogens is 3. The number of fused-ring (bicyclic) bond motifs is 1. The molecular formula is C23H21F3N6O2. The van der Waals surface area contributed by atoms with Gasteiger partial charge in [0, 0.05) is 24.8 Å². The fourth-order valence-electron chi connectivity index (χ4n) is 3.66. The first-order valence-electron chi connectivity index (χ1n) is 10.6. The SMILES string of the molecule is CCCn1c(-c2cnn(CC#Cc3ccc(C(F)(F)F)cc3)c2)nc2c1c(=O)[nH]c(=O)n2CC. The Morgan fingerprint density at radius 1 is 1.09 bits per heavy atom. The number of hydrogen-bond acceptors (Lipinski definition) is 4. The van der Waals surface area contributed by atoms with Crippen molar-refractivity contribution in [3.63, 3.8) is 0 Å². The fraction of sp³-hybridized carbons (Fsp3) is 0.304. The molecular weight excluding hydrogens is 449 g/mol. The van der Waals surface area contributed by atoms with Gasteiger partial charge in [-0.3, -0.25) is 19.0 Å². The topological polar surface area (TPSA) is 90.5 Å². The Hall–Kier alpha value is -4.07. The van der Waals surface area contributed by atoms with Crippen LogP contribution in [0.25, 0.3) is 22.6 Å². The highest BCUT2D eigenvalue weighted by molar-refractivity contribution is 5.76. The van der Waals surface area contributed by atoms with Crippen LogP contribution in [-0.4, -0.2) is 28.9 Å². The molecule has 8 nitrogen and oxygen atoms in total. The van der Waals surface area contributed by atoms with E-state index in [2.05, 4.69) is 26.9 Å². The van der Waals surface area contributed by atoms with Crippen LogP contribution in [0.5, 0.6) is 0 Å². The summed E-state index contributed by atoms with van der Waals surface area (Å²) in [6.07, 6.45) is -0.328. The van der Waals surface area contributed by atoms with Crippen molar-refractivity contribution < 1.29 is 13.2 Å². The standard InChI is InChI=1S/C23H21F3N6O2/c1-3-11-32-18-20(31(4-2)22(34)29-21(18)33)28-19(32)16-13-27-30(14-16)12-5-6-15-7-9-17(10-8-15)23(24,25)26/h7-10,13-14H,3-4,11-12H2,1-2H3,(H,29,33,34). The van der Waals surface area contributed by atoms with E-state index in [1.807, 2.05) is 6.92 Å². The smallest absolute Gasteiger partial charge is 0.318 e. The van der Waals surface area contributed by atoms with Crippen LogP contribution in [0, 0.1) is 11.8 Å². The predicted molar refractivity (Wildman–Crippen MR) is 120 cm³/mol. The fourth-order valence-corrected chi connectivity index (χ4v) is 3.66. The van der Waals surface area contributed by atoms with E-state index < -0.39 is 23.0 Å². The molecule has 34 heavy (non-hydrogen) atoms. The zero-order chi connectivity index (χ0) is 24.5. The van der Waals surface area contributed by atoms with E-state index >= 15 is 0 Å². The first-order chi connectivity index (χ1) is 16.2. The molecule has 0 spiro atoms. The molecule has 1 N–H and O–H groups in total. The van der Waals surface area contributed by atoms with Crippen LogP contribution in [0.4, 0.5) is 13.2 Å². The molecule has 0 aliphatic heterocycles. The van der Waals surface area contributed by atoms with Gasteiger partial charge in [-0.15, -0.1) is 0 Å². The molecule has 0 bridgehead atoms. The molecule has 0 saturated carbocycles. The monoisotopic (exact) mass is 470 g/mol. The lowest BCUT2D eigenvalue weighted by atomic mass is 10.1. The van der Waals surface area contributed by atoms with Crippen LogP contribution in [0.1, 0.15) is 31.4 Å². The molecule has 0 saturated heterocycles. The van der Waals surface area contributed by atoms with E-state index in [0.29, 0.717) is 41.2 Å². The van der Waals surface area contributed by atoms with Crippen LogP contribution in [0.3, 0.4) is 0 Å². The molecule has 0 aliphatic rings. The lowest BCUT2D eigenvalue weighted by Crippen LogP contribution is -2.30. The largest absolute Gasteiger partial charge is 0.416 e. The Morgan fingerprint density at radius 3 is 2.47 bits per heavy atom. The van der Waals surface area contributed by atoms with Gasteiger partial charge in [0.15, 0.2) is 11.2 Å². The quantitative estimate of drug-likeness (QED) is 0.454. The summed E-state index contributed by atoms with van der Waals surface area (Å²) >= 11 is 0. The zero-order valence-electron chi connectivity index (χ0n) is 18.5. The molecule has 0 unspecified atom stereocenters. The Labute approximate surface area is 191 Å². The van der Waals surface area contributed by atoms with Crippen molar-refractivity contribution in [1.29, 1.82) is 0 Å². The van der Waals surface area contributed by atoms with Gasteiger partial charge in [0.2, 0.25) is 0 Å². The molecule has 4 rings (SSSR count). The van der Waals surface area contributed by atoms with E-state index in [4.69, 9.17) is 0 Å². The van der Waals surface area contributed by atoms with E-state index in [0.717, 1.165) is 18.6 Å². The van der Waals surface area contributed by atoms with Gasteiger partial charge in [0.05, 0.1) is 17.3 Å². The summed E-state index contributed by atoms with van der Waals surface area (Å²) in [6, 6.07) is 4.63. The molecule has 3 aromatic heterocycles. The minimum absolute atomic E-state index is 0.204. The molecule has 176 valence electrons. The summed E-state index contributed by atoms with van der Waals surface area (Å²) in [5.74, 6) is 6.22. The third-order valence-corrected chi connectivity index (χ3v) is 5.23. The lowest BCUT2D eigenvalue weighted by Gasteiger charge is -2.06. The number of rotatable bonds is 5. The molecule has 1 aromatic carbocycles. The Balaban J connectivity index is 1.64. The number of aromatic amines is 1. The van der Waals surface area contributed by atoms with Crippen LogP contribution in [-0.2, 0) is 25.8 Å². The summed E-state index contributed by atoms with van der Waals surface area (Å²) in [5.41, 5.74) is 0.0192. The second kappa shape index (κ2) is 9.05. The number of imidazole rings is 1. The van der Waals surface area contributed by atoms with E-state index in [1.54, 1.807) is 28.6 Å². The lowest BCUT2D eigenvalue weighted by molar-refractivity contribution is -0.137. The molecule has 0 radical (unpaired) electrons. The first kappa shape index (κ1) is 23.1. The van der Waals surface area contributed by atoms with Crippen LogP contribution >= 0.6 is 0 Å². The van der Waals surface area contributed by atoms with E-state index in [9.17, 15) is 22.8 Å². The normalized spacial score (nSPS) is 11.6. The molecule has 0 amide bonds. The molecule has 11 heteroatoms. The van der Waals surface area contributed by atoms with Gasteiger partial charge in [0.1, 0.15) is 12.4 Å². The minimum atomic E-state index is -4.39. The van der Waals surface area contributed by atoms with Gasteiger partial charge in [-0.1, -0.05) is 18.8 Å². The molecule has 0 aliphatic carbocycles. The third kappa shape index (κ3) is 4.39. The van der Waals surface area contributed by atoms with Gasteiger partial charge in [-0.25, -0.2) is 9.78 Å². The molecule has 3 heterocycles. The van der Waals surface area contributed by atoms with Gasteiger partial charge in [-0.2, -0.15) is 18.3 Å². The number of benzene rings is 1. The molecule has 4 aromatic rings. The molecule has 0 fully saturated rings. The van der Waals surface area contributed by atoms with Crippen molar-refractivity contribution in [2.75, 3.05) is 0 Å². The van der Waals surface area contributed by atoms with Crippen molar-refractivity contribution in [1.82, 2.24) is 28.9 Å². The van der Waals surface area contributed by atoms with E-state index in [1.165, 1.54) is 16.7 Å². The van der Waals surface area contributed by atoms with Crippen molar-refractivity contribution in [3.8, 4) is 23.2 Å². The highest BCUT2D eigenvalue weighted by Gasteiger charge is 2.29. The Bertz CT molecular complexity index is 1510. The van der Waals surface area contributed by atoms with Gasteiger partial charge < -0.3 is 4.57 Å². The number of aryl methyl sites for hydroxylation is 2. The second-order valence-electron chi connectivity index (χ2n) is 7.57. The average Bonchev–Trinajstić information content (AvgIpc) is 3.39. The number of alkyl halides is 3. The zero-order valence-corrected chi connectivity index (χ0v) is 18.5. The number of hydrogen-bond donors (Lipinski definition) is 1. The van der Waals surface area contributed by atoms with Crippen molar-refractivity contribution in [2.45, 2.75) is 46.1 Å². The number of H-pyrrole nitrogens is 1. The van der Waals surface area contributed by atoms with Crippen LogP contribution in [0.15, 0.2) is 46.2 Å². The summed E-state index contributed by atoms with van der Waals surface area (Å²) in [6.45, 7) is 4.85. The summed E-state index contributed by atoms with van der Waals surface area (Å²) in [7, 11) is 0. The maximum atomic E-state index is 12.7. The summed E-state index contributed by atoms with van der Waals surface area (Å²) in [5, 5.41) is 4.28. The van der Waals surface area contributed by atoms with Crippen LogP contribution < -0.4 is 11.2 Å². The Morgan fingerprint density at radius 2 is 1.82 bits per heavy atom. The summed E-state index contributed by atoms with van der Waals surface area (Å²) in [4.78, 5) is 31.6. The average molecular weight is 470 g/mol. The van der Waals surface area contributed by atoms with Gasteiger partial charge in [0.25, 0.3) is 5.56 Å². The number of aromatic nitrogens is 6. The maximum Gasteiger partial charge on any atom is 0.416 e. The predicted octanol–water partition coefficient (Wildman–Crippen LogP) is 3.25.